The molecule has 1 aromatic rings. The fourth-order valence-electron chi connectivity index (χ4n) is 4.11. The number of likely N-dealkylation sites (tertiary alicyclic amines) is 1. The molecule has 0 saturated carbocycles. The largest absolute Gasteiger partial charge is 0.489 e. The van der Waals surface area contributed by atoms with Crippen LogP contribution in [0.5, 0.6) is 5.75 Å². The number of rotatable bonds is 8. The van der Waals surface area contributed by atoms with Gasteiger partial charge in [-0.2, -0.15) is 0 Å². The zero-order valence-electron chi connectivity index (χ0n) is 18.2. The summed E-state index contributed by atoms with van der Waals surface area (Å²) in [6.45, 7) is 10.2. The van der Waals surface area contributed by atoms with E-state index >= 15 is 0 Å². The van der Waals surface area contributed by atoms with E-state index in [0.717, 1.165) is 45.1 Å². The molecule has 1 unspecified atom stereocenters. The van der Waals surface area contributed by atoms with Gasteiger partial charge in [0.25, 0.3) is 0 Å². The fourth-order valence-corrected chi connectivity index (χ4v) is 4.11. The molecule has 0 spiro atoms. The summed E-state index contributed by atoms with van der Waals surface area (Å²) in [5, 5.41) is 6.73. The van der Waals surface area contributed by atoms with Gasteiger partial charge in [0.2, 0.25) is 0 Å². The van der Waals surface area contributed by atoms with Crippen LogP contribution in [0, 0.1) is 5.82 Å². The van der Waals surface area contributed by atoms with Crippen molar-refractivity contribution in [3.63, 3.8) is 0 Å². The quantitative estimate of drug-likeness (QED) is 0.304. The van der Waals surface area contributed by atoms with Crippen molar-refractivity contribution in [3.05, 3.63) is 30.1 Å². The molecule has 2 saturated heterocycles. The van der Waals surface area contributed by atoms with E-state index in [1.54, 1.807) is 12.1 Å². The van der Waals surface area contributed by atoms with E-state index in [0.29, 0.717) is 12.3 Å². The Balaban J connectivity index is 0.00000320. The molecule has 0 amide bonds. The third-order valence-corrected chi connectivity index (χ3v) is 5.78. The molecule has 0 bridgehead atoms. The van der Waals surface area contributed by atoms with Crippen LogP contribution >= 0.6 is 24.0 Å². The fraction of sp³-hybridized carbons (Fsp3) is 0.682. The summed E-state index contributed by atoms with van der Waals surface area (Å²) in [7, 11) is 0. The number of hydrogen-bond donors (Lipinski definition) is 2. The van der Waals surface area contributed by atoms with E-state index in [4.69, 9.17) is 14.5 Å². The lowest BCUT2D eigenvalue weighted by Crippen LogP contribution is -2.54. The average molecular weight is 534 g/mol. The summed E-state index contributed by atoms with van der Waals surface area (Å²) < 4.78 is 24.5. The number of aliphatic imine (C=N–C) groups is 1. The molecule has 0 radical (unpaired) electrons. The lowest BCUT2D eigenvalue weighted by molar-refractivity contribution is -0.0139. The molecule has 30 heavy (non-hydrogen) atoms. The number of hydrogen-bond acceptors (Lipinski definition) is 4. The summed E-state index contributed by atoms with van der Waals surface area (Å²) in [5.74, 6) is 1.22. The molecular weight excluding hydrogens is 498 g/mol. The Hall–Kier alpha value is -1.13. The SMILES string of the molecule is CCNC(=NCC1(N2CCCC2)CCOCC1)NCC(C)Oc1ccc(F)cc1.I. The molecule has 8 heteroatoms. The zero-order valence-corrected chi connectivity index (χ0v) is 20.5. The molecule has 2 heterocycles. The molecule has 2 fully saturated rings. The molecule has 6 nitrogen and oxygen atoms in total. The maximum atomic E-state index is 13.0. The highest BCUT2D eigenvalue weighted by atomic mass is 127. The minimum Gasteiger partial charge on any atom is -0.489 e. The van der Waals surface area contributed by atoms with Crippen molar-refractivity contribution in [2.24, 2.45) is 4.99 Å². The first-order valence-corrected chi connectivity index (χ1v) is 10.9. The van der Waals surface area contributed by atoms with Crippen LogP contribution in [0.4, 0.5) is 4.39 Å². The van der Waals surface area contributed by atoms with Gasteiger partial charge in [-0.1, -0.05) is 0 Å². The number of nitrogens with one attached hydrogen (secondary N) is 2. The second-order valence-corrected chi connectivity index (χ2v) is 7.99. The molecular formula is C22H36FIN4O2. The van der Waals surface area contributed by atoms with Crippen molar-refractivity contribution in [2.75, 3.05) is 45.9 Å². The summed E-state index contributed by atoms with van der Waals surface area (Å²) >= 11 is 0. The Bertz CT molecular complexity index is 647. The summed E-state index contributed by atoms with van der Waals surface area (Å²) in [4.78, 5) is 7.56. The number of ether oxygens (including phenoxy) is 2. The van der Waals surface area contributed by atoms with E-state index in [1.165, 1.54) is 38.1 Å². The van der Waals surface area contributed by atoms with E-state index in [2.05, 4.69) is 22.5 Å². The van der Waals surface area contributed by atoms with Crippen molar-refractivity contribution in [1.29, 1.82) is 0 Å². The van der Waals surface area contributed by atoms with Crippen molar-refractivity contribution in [1.82, 2.24) is 15.5 Å². The highest BCUT2D eigenvalue weighted by molar-refractivity contribution is 14.0. The first-order valence-electron chi connectivity index (χ1n) is 10.9. The minimum atomic E-state index is -0.260. The van der Waals surface area contributed by atoms with Gasteiger partial charge in [-0.3, -0.25) is 9.89 Å². The van der Waals surface area contributed by atoms with Crippen LogP contribution in [0.1, 0.15) is 39.5 Å². The van der Waals surface area contributed by atoms with Gasteiger partial charge in [0.05, 0.1) is 13.1 Å². The van der Waals surface area contributed by atoms with Crippen molar-refractivity contribution >= 4 is 29.9 Å². The molecule has 0 aromatic heterocycles. The van der Waals surface area contributed by atoms with Crippen LogP contribution in [0.3, 0.4) is 0 Å². The predicted octanol–water partition coefficient (Wildman–Crippen LogP) is 3.41. The number of guanidine groups is 1. The van der Waals surface area contributed by atoms with E-state index in [-0.39, 0.29) is 41.4 Å². The predicted molar refractivity (Wildman–Crippen MR) is 129 cm³/mol. The Morgan fingerprint density at radius 3 is 2.50 bits per heavy atom. The van der Waals surface area contributed by atoms with Gasteiger partial charge < -0.3 is 20.1 Å². The third-order valence-electron chi connectivity index (χ3n) is 5.78. The standard InChI is InChI=1S/C22H35FN4O2.HI/c1-3-24-21(25-16-18(2)29-20-8-6-19(23)7-9-20)26-17-22(10-14-28-15-11-22)27-12-4-5-13-27;/h6-9,18H,3-5,10-17H2,1-2H3,(H2,24,25,26);1H. The number of benzene rings is 1. The highest BCUT2D eigenvalue weighted by Gasteiger charge is 2.39. The maximum Gasteiger partial charge on any atom is 0.191 e. The molecule has 1 atom stereocenters. The number of halogens is 2. The third kappa shape index (κ3) is 7.23. The van der Waals surface area contributed by atoms with Gasteiger partial charge in [-0.05, 0) is 76.9 Å². The normalized spacial score (nSPS) is 20.3. The van der Waals surface area contributed by atoms with Crippen LogP contribution in [-0.4, -0.2) is 68.4 Å². The Labute approximate surface area is 197 Å². The van der Waals surface area contributed by atoms with Crippen LogP contribution in [0.2, 0.25) is 0 Å². The highest BCUT2D eigenvalue weighted by Crippen LogP contribution is 2.31. The van der Waals surface area contributed by atoms with E-state index < -0.39 is 0 Å². The monoisotopic (exact) mass is 534 g/mol. The zero-order chi connectivity index (χ0) is 20.5. The molecule has 170 valence electrons. The first kappa shape index (κ1) is 25.1. The van der Waals surface area contributed by atoms with Gasteiger partial charge in [0, 0.05) is 25.3 Å². The van der Waals surface area contributed by atoms with Crippen molar-refractivity contribution in [3.8, 4) is 5.75 Å². The Morgan fingerprint density at radius 2 is 1.87 bits per heavy atom. The van der Waals surface area contributed by atoms with Gasteiger partial charge >= 0.3 is 0 Å². The van der Waals surface area contributed by atoms with Crippen LogP contribution < -0.4 is 15.4 Å². The minimum absolute atomic E-state index is 0. The molecule has 3 rings (SSSR count). The van der Waals surface area contributed by atoms with E-state index in [9.17, 15) is 4.39 Å². The van der Waals surface area contributed by atoms with Gasteiger partial charge in [-0.25, -0.2) is 4.39 Å². The van der Waals surface area contributed by atoms with Gasteiger partial charge in [0.15, 0.2) is 5.96 Å². The van der Waals surface area contributed by atoms with Gasteiger partial charge in [-0.15, -0.1) is 24.0 Å². The molecule has 1 aromatic carbocycles. The molecule has 0 aliphatic carbocycles. The lowest BCUT2D eigenvalue weighted by Gasteiger charge is -2.43. The summed E-state index contributed by atoms with van der Waals surface area (Å²) in [5.41, 5.74) is 0.118. The maximum absolute atomic E-state index is 13.0. The smallest absolute Gasteiger partial charge is 0.191 e. The topological polar surface area (TPSA) is 58.1 Å². The summed E-state index contributed by atoms with van der Waals surface area (Å²) in [6, 6.07) is 6.12. The van der Waals surface area contributed by atoms with Crippen molar-refractivity contribution in [2.45, 2.75) is 51.2 Å². The number of nitrogens with zero attached hydrogens (tertiary/aromatic N) is 2. The Kier molecular flexibility index (Phi) is 10.6. The summed E-state index contributed by atoms with van der Waals surface area (Å²) in [6.07, 6.45) is 4.58. The Morgan fingerprint density at radius 1 is 1.20 bits per heavy atom. The van der Waals surface area contributed by atoms with Gasteiger partial charge in [0.1, 0.15) is 17.7 Å². The second-order valence-electron chi connectivity index (χ2n) is 7.99. The second kappa shape index (κ2) is 12.7. The molecule has 2 aliphatic heterocycles. The molecule has 2 N–H and O–H groups in total. The van der Waals surface area contributed by atoms with Crippen LogP contribution in [0.25, 0.3) is 0 Å². The average Bonchev–Trinajstić information content (AvgIpc) is 3.28. The first-order chi connectivity index (χ1) is 14.1. The molecule has 2 aliphatic rings. The van der Waals surface area contributed by atoms with Crippen LogP contribution in [-0.2, 0) is 4.74 Å². The lowest BCUT2D eigenvalue weighted by atomic mass is 9.88. The van der Waals surface area contributed by atoms with Crippen LogP contribution in [0.15, 0.2) is 29.3 Å². The van der Waals surface area contributed by atoms with Crippen molar-refractivity contribution < 1.29 is 13.9 Å². The van der Waals surface area contributed by atoms with E-state index in [1.807, 2.05) is 6.92 Å².